The Balaban J connectivity index is 1.26. The maximum absolute atomic E-state index is 14.5. The van der Waals surface area contributed by atoms with Crippen molar-refractivity contribution in [1.29, 1.82) is 0 Å². The van der Waals surface area contributed by atoms with Crippen LogP contribution in [0.2, 0.25) is 0 Å². The molecule has 2 aliphatic rings. The highest BCUT2D eigenvalue weighted by Gasteiger charge is 2.31. The summed E-state index contributed by atoms with van der Waals surface area (Å²) in [5.41, 5.74) is 10.4. The number of piperidine rings is 1. The maximum Gasteiger partial charge on any atom is 0.356 e. The Morgan fingerprint density at radius 1 is 1.04 bits per heavy atom. The Bertz CT molecular complexity index is 2240. The van der Waals surface area contributed by atoms with Crippen molar-refractivity contribution in [2.24, 2.45) is 11.7 Å². The van der Waals surface area contributed by atoms with Crippen molar-refractivity contribution >= 4 is 33.9 Å². The van der Waals surface area contributed by atoms with Crippen molar-refractivity contribution < 1.29 is 23.5 Å². The molecule has 1 aliphatic carbocycles. The number of esters is 1. The van der Waals surface area contributed by atoms with Crippen molar-refractivity contribution in [3.8, 4) is 23.1 Å². The predicted molar refractivity (Wildman–Crippen MR) is 183 cm³/mol. The minimum absolute atomic E-state index is 0.0117. The molecule has 6 heterocycles. The number of fused-ring (bicyclic) bond motifs is 2. The lowest BCUT2D eigenvalue weighted by Crippen LogP contribution is -2.50. The smallest absolute Gasteiger partial charge is 0.356 e. The number of ether oxygens (including phenoxy) is 2. The zero-order chi connectivity index (χ0) is 34.5. The summed E-state index contributed by atoms with van der Waals surface area (Å²) in [5.74, 6) is 1.27. The summed E-state index contributed by atoms with van der Waals surface area (Å²) >= 11 is 0. The highest BCUT2D eigenvalue weighted by molar-refractivity contribution is 6.00. The summed E-state index contributed by atoms with van der Waals surface area (Å²) in [6.07, 6.45) is 6.74. The van der Waals surface area contributed by atoms with Gasteiger partial charge in [0.25, 0.3) is 5.91 Å². The van der Waals surface area contributed by atoms with Crippen LogP contribution in [0.15, 0.2) is 67.1 Å². The van der Waals surface area contributed by atoms with E-state index in [-0.39, 0.29) is 31.1 Å². The second kappa shape index (κ2) is 12.7. The lowest BCUT2D eigenvalue weighted by molar-refractivity contribution is 0.0591. The van der Waals surface area contributed by atoms with Crippen LogP contribution in [0.1, 0.15) is 45.7 Å². The Kier molecular flexibility index (Phi) is 8.02. The van der Waals surface area contributed by atoms with Crippen molar-refractivity contribution in [1.82, 2.24) is 38.8 Å². The second-order valence-corrected chi connectivity index (χ2v) is 13.0. The van der Waals surface area contributed by atoms with Crippen molar-refractivity contribution in [3.63, 3.8) is 0 Å². The molecule has 1 saturated carbocycles. The quantitative estimate of drug-likeness (QED) is 0.220. The number of hydrogen-bond donors (Lipinski definition) is 1. The van der Waals surface area contributed by atoms with E-state index < -0.39 is 18.2 Å². The molecule has 0 spiro atoms. The van der Waals surface area contributed by atoms with E-state index in [1.54, 1.807) is 54.5 Å². The van der Waals surface area contributed by atoms with Gasteiger partial charge in [0.15, 0.2) is 17.3 Å². The maximum atomic E-state index is 14.5. The molecule has 1 unspecified atom stereocenters. The van der Waals surface area contributed by atoms with E-state index in [4.69, 9.17) is 25.2 Å². The first kappa shape index (κ1) is 31.6. The number of alkyl halides is 1. The fourth-order valence-electron chi connectivity index (χ4n) is 6.82. The monoisotopic (exact) mass is 677 g/mol. The van der Waals surface area contributed by atoms with Crippen LogP contribution in [0.25, 0.3) is 39.4 Å². The number of carbonyl (C=O) groups is 2. The number of aromatic nitrogens is 7. The van der Waals surface area contributed by atoms with Crippen molar-refractivity contribution in [3.05, 3.63) is 83.9 Å². The summed E-state index contributed by atoms with van der Waals surface area (Å²) in [4.78, 5) is 41.6. The molecular formula is C36H36FN9O4. The third-order valence-electron chi connectivity index (χ3n) is 9.36. The molecule has 0 radical (unpaired) electrons. The van der Waals surface area contributed by atoms with Gasteiger partial charge in [0.2, 0.25) is 0 Å². The predicted octanol–water partition coefficient (Wildman–Crippen LogP) is 4.40. The molecule has 1 saturated heterocycles. The summed E-state index contributed by atoms with van der Waals surface area (Å²) in [7, 11) is 2.87. The van der Waals surface area contributed by atoms with Crippen LogP contribution >= 0.6 is 0 Å². The molecule has 6 aromatic rings. The minimum atomic E-state index is -1.18. The molecule has 5 aromatic heterocycles. The molecule has 1 aliphatic heterocycles. The molecule has 0 bridgehead atoms. The molecule has 50 heavy (non-hydrogen) atoms. The largest absolute Gasteiger partial charge is 0.494 e. The van der Waals surface area contributed by atoms with E-state index in [2.05, 4.69) is 25.3 Å². The highest BCUT2D eigenvalue weighted by Crippen LogP contribution is 2.38. The third-order valence-corrected chi connectivity index (χ3v) is 9.36. The van der Waals surface area contributed by atoms with E-state index in [1.807, 2.05) is 18.3 Å². The average molecular weight is 678 g/mol. The summed E-state index contributed by atoms with van der Waals surface area (Å²) in [5, 5.41) is 5.55. The van der Waals surface area contributed by atoms with Gasteiger partial charge in [-0.05, 0) is 67.6 Å². The molecule has 2 atom stereocenters. The van der Waals surface area contributed by atoms with Crippen LogP contribution < -0.4 is 10.5 Å². The number of methoxy groups -OCH3 is 2. The van der Waals surface area contributed by atoms with E-state index in [9.17, 15) is 14.0 Å². The van der Waals surface area contributed by atoms with Gasteiger partial charge >= 0.3 is 5.97 Å². The van der Waals surface area contributed by atoms with Gasteiger partial charge in [-0.15, -0.1) is 0 Å². The second-order valence-electron chi connectivity index (χ2n) is 13.0. The number of carbonyl (C=O) groups excluding carboxylic acids is 2. The first-order chi connectivity index (χ1) is 24.3. The Morgan fingerprint density at radius 2 is 1.90 bits per heavy atom. The van der Waals surface area contributed by atoms with Crippen molar-refractivity contribution in [2.45, 2.75) is 44.6 Å². The van der Waals surface area contributed by atoms with Gasteiger partial charge in [0.05, 0.1) is 44.7 Å². The fourth-order valence-corrected chi connectivity index (χ4v) is 6.82. The van der Waals surface area contributed by atoms with Gasteiger partial charge in [-0.25, -0.2) is 28.8 Å². The molecule has 14 heteroatoms. The zero-order valence-corrected chi connectivity index (χ0v) is 27.7. The first-order valence-electron chi connectivity index (χ1n) is 16.6. The minimum Gasteiger partial charge on any atom is -0.494 e. The molecule has 2 fully saturated rings. The van der Waals surface area contributed by atoms with Crippen molar-refractivity contribution in [2.75, 3.05) is 27.3 Å². The van der Waals surface area contributed by atoms with Crippen LogP contribution in [0.4, 0.5) is 4.39 Å². The molecule has 1 amide bonds. The average Bonchev–Trinajstić information content (AvgIpc) is 3.53. The number of amides is 1. The zero-order valence-electron chi connectivity index (χ0n) is 27.7. The molecule has 1 aromatic carbocycles. The molecule has 13 nitrogen and oxygen atoms in total. The van der Waals surface area contributed by atoms with E-state index in [0.29, 0.717) is 46.5 Å². The number of nitrogens with two attached hydrogens (primary N) is 1. The lowest BCUT2D eigenvalue weighted by Gasteiger charge is -2.33. The van der Waals surface area contributed by atoms with E-state index in [0.717, 1.165) is 41.7 Å². The number of nitrogens with zero attached hydrogens (tertiary/aromatic N) is 8. The van der Waals surface area contributed by atoms with Crippen LogP contribution in [-0.2, 0) is 17.8 Å². The Morgan fingerprint density at radius 3 is 2.68 bits per heavy atom. The highest BCUT2D eigenvalue weighted by atomic mass is 19.1. The normalized spacial score (nSPS) is 17.8. The third kappa shape index (κ3) is 5.85. The molecule has 2 N–H and O–H groups in total. The van der Waals surface area contributed by atoms with Crippen LogP contribution in [-0.4, -0.2) is 90.2 Å². The molecular weight excluding hydrogens is 641 g/mol. The van der Waals surface area contributed by atoms with Gasteiger partial charge in [-0.1, -0.05) is 6.07 Å². The summed E-state index contributed by atoms with van der Waals surface area (Å²) in [6.45, 7) is 1.41. The van der Waals surface area contributed by atoms with Gasteiger partial charge in [0.1, 0.15) is 23.1 Å². The number of hydrogen-bond acceptors (Lipinski definition) is 9. The van der Waals surface area contributed by atoms with E-state index >= 15 is 0 Å². The number of likely N-dealkylation sites (tertiary alicyclic amines) is 1. The van der Waals surface area contributed by atoms with Crippen LogP contribution in [0, 0.1) is 5.92 Å². The Hall–Kier alpha value is -5.63. The van der Waals surface area contributed by atoms with Gasteiger partial charge in [0, 0.05) is 48.0 Å². The summed E-state index contributed by atoms with van der Waals surface area (Å²) in [6, 6.07) is 14.1. The number of benzene rings is 1. The fraction of sp³-hybridized carbons (Fsp3) is 0.333. The SMILES string of the molecule is COC(=O)c1cccc(-n2cc(Cn3c(-c4cc5cccnc5n4CC4CC4)nc4cc(C(=O)N5CC(N)C[C@@H](F)C5)cc(OC)c43)cn2)n1. The van der Waals surface area contributed by atoms with Crippen LogP contribution in [0.3, 0.4) is 0 Å². The van der Waals surface area contributed by atoms with Gasteiger partial charge in [-0.2, -0.15) is 5.10 Å². The first-order valence-corrected chi connectivity index (χ1v) is 16.6. The summed E-state index contributed by atoms with van der Waals surface area (Å²) < 4.78 is 31.1. The standard InChI is InChI=1S/C36H36FN9O4/c1-49-30-13-24(35(47)43-19-25(37)14-26(38)20-43)11-28-32(30)45(17-22-15-40-46(18-22)31-7-3-6-27(41-31)36(48)50-2)34(42-28)29-12-23-5-4-10-39-33(23)44(29)16-21-8-9-21/h3-7,10-13,15,18,21,25-26H,8-9,14,16-17,19-20,38H2,1-2H3/t25-,26?/m1/s1. The number of halogens is 1. The Labute approximate surface area is 286 Å². The molecule has 256 valence electrons. The topological polar surface area (TPSA) is 148 Å². The number of pyridine rings is 2. The van der Waals surface area contributed by atoms with Gasteiger partial charge < -0.3 is 29.2 Å². The van der Waals surface area contributed by atoms with E-state index in [1.165, 1.54) is 12.0 Å². The lowest BCUT2D eigenvalue weighted by atomic mass is 10.0. The number of rotatable bonds is 9. The molecule has 8 rings (SSSR count). The van der Waals surface area contributed by atoms with Gasteiger partial charge in [-0.3, -0.25) is 4.79 Å². The number of imidazole rings is 1. The van der Waals surface area contributed by atoms with Crippen LogP contribution in [0.5, 0.6) is 5.75 Å².